The van der Waals surface area contributed by atoms with E-state index in [9.17, 15) is 4.79 Å². The first-order valence-electron chi connectivity index (χ1n) is 8.68. The van der Waals surface area contributed by atoms with Crippen LogP contribution in [0.25, 0.3) is 0 Å². The van der Waals surface area contributed by atoms with Gasteiger partial charge in [0.05, 0.1) is 0 Å². The van der Waals surface area contributed by atoms with E-state index in [1.807, 2.05) is 44.3 Å². The summed E-state index contributed by atoms with van der Waals surface area (Å²) in [5.41, 5.74) is 1.92. The molecule has 6 heteroatoms. The van der Waals surface area contributed by atoms with E-state index in [1.165, 1.54) is 5.56 Å². The van der Waals surface area contributed by atoms with Crippen molar-refractivity contribution in [3.8, 4) is 17.2 Å². The van der Waals surface area contributed by atoms with Crippen LogP contribution >= 0.6 is 0 Å². The molecular weight excluding hydrogens is 332 g/mol. The molecule has 3 rings (SSSR count). The molecule has 0 aromatic heterocycles. The molecule has 138 valence electrons. The highest BCUT2D eigenvalue weighted by molar-refractivity contribution is 5.91. The molecule has 0 atom stereocenters. The average molecular weight is 356 g/mol. The van der Waals surface area contributed by atoms with Gasteiger partial charge in [0.2, 0.25) is 12.7 Å². The van der Waals surface area contributed by atoms with Gasteiger partial charge in [-0.05, 0) is 38.2 Å². The number of fused-ring (bicyclic) bond motifs is 1. The Hall–Kier alpha value is -2.73. The molecule has 1 N–H and O–H groups in total. The van der Waals surface area contributed by atoms with Crippen LogP contribution < -0.4 is 19.5 Å². The molecule has 0 fully saturated rings. The third-order valence-electron chi connectivity index (χ3n) is 4.14. The number of rotatable bonds is 8. The van der Waals surface area contributed by atoms with Crippen LogP contribution in [-0.2, 0) is 4.79 Å². The summed E-state index contributed by atoms with van der Waals surface area (Å²) in [5.74, 6) is 2.20. The van der Waals surface area contributed by atoms with Gasteiger partial charge in [0.1, 0.15) is 12.4 Å². The van der Waals surface area contributed by atoms with Gasteiger partial charge in [0.25, 0.3) is 0 Å². The van der Waals surface area contributed by atoms with Crippen LogP contribution in [0.3, 0.4) is 0 Å². The van der Waals surface area contributed by atoms with Crippen molar-refractivity contribution in [1.29, 1.82) is 0 Å². The van der Waals surface area contributed by atoms with E-state index in [-0.39, 0.29) is 12.7 Å². The van der Waals surface area contributed by atoms with Crippen LogP contribution in [0.1, 0.15) is 12.0 Å². The van der Waals surface area contributed by atoms with Crippen molar-refractivity contribution in [2.45, 2.75) is 13.3 Å². The lowest BCUT2D eigenvalue weighted by molar-refractivity contribution is -0.116. The molecule has 1 amide bonds. The lowest BCUT2D eigenvalue weighted by atomic mass is 10.2. The summed E-state index contributed by atoms with van der Waals surface area (Å²) >= 11 is 0. The lowest BCUT2D eigenvalue weighted by Crippen LogP contribution is -2.28. The van der Waals surface area contributed by atoms with E-state index in [1.54, 1.807) is 12.1 Å². The van der Waals surface area contributed by atoms with Crippen molar-refractivity contribution in [2.24, 2.45) is 0 Å². The highest BCUT2D eigenvalue weighted by atomic mass is 16.7. The molecule has 0 spiro atoms. The van der Waals surface area contributed by atoms with Gasteiger partial charge in [-0.2, -0.15) is 0 Å². The van der Waals surface area contributed by atoms with E-state index in [0.29, 0.717) is 36.8 Å². The Labute approximate surface area is 153 Å². The number of amides is 1. The van der Waals surface area contributed by atoms with Crippen molar-refractivity contribution in [2.75, 3.05) is 38.9 Å². The molecule has 2 aromatic rings. The number of carbonyl (C=O) groups excluding carboxylic acids is 1. The topological polar surface area (TPSA) is 60.0 Å². The van der Waals surface area contributed by atoms with E-state index in [4.69, 9.17) is 14.2 Å². The van der Waals surface area contributed by atoms with E-state index < -0.39 is 0 Å². The van der Waals surface area contributed by atoms with Crippen LogP contribution in [0.15, 0.2) is 42.5 Å². The number of ether oxygens (including phenoxy) is 3. The third kappa shape index (κ3) is 5.13. The maximum atomic E-state index is 12.1. The number of nitrogens with zero attached hydrogens (tertiary/aromatic N) is 1. The van der Waals surface area contributed by atoms with Gasteiger partial charge in [0.15, 0.2) is 11.5 Å². The summed E-state index contributed by atoms with van der Waals surface area (Å²) in [6.07, 6.45) is 0.412. The Bertz CT molecular complexity index is 746. The molecule has 6 nitrogen and oxygen atoms in total. The Kier molecular flexibility index (Phi) is 5.96. The first kappa shape index (κ1) is 18.1. The fourth-order valence-electron chi connectivity index (χ4n) is 2.56. The largest absolute Gasteiger partial charge is 0.492 e. The Morgan fingerprint density at radius 2 is 1.88 bits per heavy atom. The highest BCUT2D eigenvalue weighted by Crippen LogP contribution is 2.34. The van der Waals surface area contributed by atoms with Crippen LogP contribution in [0.4, 0.5) is 5.69 Å². The molecule has 2 aromatic carbocycles. The second-order valence-electron chi connectivity index (χ2n) is 6.33. The summed E-state index contributed by atoms with van der Waals surface area (Å²) in [5, 5.41) is 2.88. The second kappa shape index (κ2) is 8.58. The van der Waals surface area contributed by atoms with E-state index in [2.05, 4.69) is 10.2 Å². The number of hydrogen-bond acceptors (Lipinski definition) is 5. The molecular formula is C20H24N2O4. The molecule has 0 radical (unpaired) electrons. The average Bonchev–Trinajstić information content (AvgIpc) is 3.09. The fraction of sp³-hybridized carbons (Fsp3) is 0.350. The highest BCUT2D eigenvalue weighted by Gasteiger charge is 2.14. The molecule has 26 heavy (non-hydrogen) atoms. The minimum atomic E-state index is -0.0323. The molecule has 0 saturated heterocycles. The van der Waals surface area contributed by atoms with Crippen LogP contribution in [-0.4, -0.2) is 44.3 Å². The summed E-state index contributed by atoms with van der Waals surface area (Å²) in [4.78, 5) is 14.2. The molecule has 1 heterocycles. The van der Waals surface area contributed by atoms with Gasteiger partial charge in [-0.3, -0.25) is 4.79 Å². The number of hydrogen-bond donors (Lipinski definition) is 1. The minimum absolute atomic E-state index is 0.0323. The van der Waals surface area contributed by atoms with Gasteiger partial charge in [-0.15, -0.1) is 0 Å². The van der Waals surface area contributed by atoms with Crippen LogP contribution in [0, 0.1) is 6.92 Å². The number of anilines is 1. The van der Waals surface area contributed by atoms with Crippen molar-refractivity contribution in [3.63, 3.8) is 0 Å². The zero-order valence-electron chi connectivity index (χ0n) is 15.2. The third-order valence-corrected chi connectivity index (χ3v) is 4.14. The van der Waals surface area contributed by atoms with Gasteiger partial charge < -0.3 is 24.4 Å². The fourth-order valence-corrected chi connectivity index (χ4v) is 2.56. The summed E-state index contributed by atoms with van der Waals surface area (Å²) < 4.78 is 16.3. The summed E-state index contributed by atoms with van der Waals surface area (Å²) in [6.45, 7) is 4.27. The molecule has 1 aliphatic rings. The second-order valence-corrected chi connectivity index (χ2v) is 6.33. The van der Waals surface area contributed by atoms with Crippen molar-refractivity contribution >= 4 is 11.6 Å². The van der Waals surface area contributed by atoms with E-state index >= 15 is 0 Å². The zero-order chi connectivity index (χ0) is 18.4. The maximum Gasteiger partial charge on any atom is 0.231 e. The predicted molar refractivity (Wildman–Crippen MR) is 100.0 cm³/mol. The monoisotopic (exact) mass is 356 g/mol. The lowest BCUT2D eigenvalue weighted by Gasteiger charge is -2.17. The molecule has 1 aliphatic heterocycles. The number of likely N-dealkylation sites (N-methyl/N-ethyl adjacent to an activating group) is 1. The van der Waals surface area contributed by atoms with Gasteiger partial charge >= 0.3 is 0 Å². The smallest absolute Gasteiger partial charge is 0.231 e. The number of benzene rings is 2. The van der Waals surface area contributed by atoms with Gasteiger partial charge in [0, 0.05) is 31.3 Å². The Morgan fingerprint density at radius 3 is 2.69 bits per heavy atom. The summed E-state index contributed by atoms with van der Waals surface area (Å²) in [6, 6.07) is 13.4. The molecule has 0 unspecified atom stereocenters. The van der Waals surface area contributed by atoms with Gasteiger partial charge in [-0.25, -0.2) is 0 Å². The van der Waals surface area contributed by atoms with Crippen molar-refractivity contribution < 1.29 is 19.0 Å². The SMILES string of the molecule is Cc1ccc(OCCN(C)CCC(=O)Nc2ccc3c(c2)OCO3)cc1. The number of aryl methyl sites for hydroxylation is 1. The van der Waals surface area contributed by atoms with Crippen LogP contribution in [0.2, 0.25) is 0 Å². The first-order valence-corrected chi connectivity index (χ1v) is 8.68. The standard InChI is InChI=1S/C20H24N2O4/c1-15-3-6-17(7-4-15)24-12-11-22(2)10-9-20(23)21-16-5-8-18-19(13-16)26-14-25-18/h3-8,13H,9-12,14H2,1-2H3,(H,21,23). The molecule has 0 saturated carbocycles. The summed E-state index contributed by atoms with van der Waals surface area (Å²) in [7, 11) is 1.98. The number of nitrogens with one attached hydrogen (secondary N) is 1. The molecule has 0 bridgehead atoms. The van der Waals surface area contributed by atoms with Crippen molar-refractivity contribution in [1.82, 2.24) is 4.90 Å². The Morgan fingerprint density at radius 1 is 1.12 bits per heavy atom. The first-order chi connectivity index (χ1) is 12.6. The van der Waals surface area contributed by atoms with Crippen molar-refractivity contribution in [3.05, 3.63) is 48.0 Å². The minimum Gasteiger partial charge on any atom is -0.492 e. The predicted octanol–water partition coefficient (Wildman–Crippen LogP) is 3.06. The quantitative estimate of drug-likeness (QED) is 0.788. The zero-order valence-corrected chi connectivity index (χ0v) is 15.2. The van der Waals surface area contributed by atoms with Gasteiger partial charge in [-0.1, -0.05) is 17.7 Å². The molecule has 0 aliphatic carbocycles. The normalized spacial score (nSPS) is 12.3. The maximum absolute atomic E-state index is 12.1. The van der Waals surface area contributed by atoms with Crippen LogP contribution in [0.5, 0.6) is 17.2 Å². The number of carbonyl (C=O) groups is 1. The van der Waals surface area contributed by atoms with E-state index in [0.717, 1.165) is 12.3 Å². The Balaban J connectivity index is 1.35.